The molecular formula is C18H29N2O+. The summed E-state index contributed by atoms with van der Waals surface area (Å²) in [7, 11) is 0. The monoisotopic (exact) mass is 289 g/mol. The summed E-state index contributed by atoms with van der Waals surface area (Å²) in [5.74, 6) is 0.153. The van der Waals surface area contributed by atoms with Gasteiger partial charge in [0.2, 0.25) is 0 Å². The van der Waals surface area contributed by atoms with Gasteiger partial charge in [0, 0.05) is 5.69 Å². The Morgan fingerprint density at radius 3 is 2.10 bits per heavy atom. The molecule has 1 saturated heterocycles. The van der Waals surface area contributed by atoms with Gasteiger partial charge in [-0.1, -0.05) is 24.1 Å². The molecule has 116 valence electrons. The van der Waals surface area contributed by atoms with Crippen LogP contribution in [0.3, 0.4) is 0 Å². The summed E-state index contributed by atoms with van der Waals surface area (Å²) in [4.78, 5) is 13.8. The quantitative estimate of drug-likeness (QED) is 0.880. The standard InChI is InChI=1S/C18H28N2O/c1-14-11-15(2)18(16(3)12-14)19-17(21)13-20-9-7-5-4-6-8-10-20/h11-12H,4-10,13H2,1-3H3,(H,19,21)/p+1. The van der Waals surface area contributed by atoms with Gasteiger partial charge in [-0.25, -0.2) is 0 Å². The van der Waals surface area contributed by atoms with E-state index in [-0.39, 0.29) is 5.91 Å². The predicted octanol–water partition coefficient (Wildman–Crippen LogP) is 2.40. The first-order chi connectivity index (χ1) is 10.1. The fourth-order valence-electron chi connectivity index (χ4n) is 3.37. The number of likely N-dealkylation sites (tertiary alicyclic amines) is 1. The van der Waals surface area contributed by atoms with E-state index in [0.717, 1.165) is 29.9 Å². The van der Waals surface area contributed by atoms with Crippen molar-refractivity contribution in [1.29, 1.82) is 0 Å². The summed E-state index contributed by atoms with van der Waals surface area (Å²) < 4.78 is 0. The van der Waals surface area contributed by atoms with Crippen molar-refractivity contribution in [2.24, 2.45) is 0 Å². The second-order valence-electron chi connectivity index (χ2n) is 6.52. The molecule has 1 aromatic rings. The third-order valence-electron chi connectivity index (χ3n) is 4.41. The van der Waals surface area contributed by atoms with E-state index in [1.807, 2.05) is 0 Å². The van der Waals surface area contributed by atoms with Gasteiger partial charge in [0.1, 0.15) is 0 Å². The molecule has 0 saturated carbocycles. The van der Waals surface area contributed by atoms with Gasteiger partial charge in [-0.15, -0.1) is 0 Å². The van der Waals surface area contributed by atoms with Crippen molar-refractivity contribution in [3.63, 3.8) is 0 Å². The van der Waals surface area contributed by atoms with Gasteiger partial charge in [-0.2, -0.15) is 0 Å². The zero-order valence-electron chi connectivity index (χ0n) is 13.7. The number of anilines is 1. The first-order valence-electron chi connectivity index (χ1n) is 8.27. The molecule has 0 aromatic heterocycles. The van der Waals surface area contributed by atoms with Crippen LogP contribution in [0.4, 0.5) is 5.69 Å². The zero-order valence-corrected chi connectivity index (χ0v) is 13.7. The van der Waals surface area contributed by atoms with Gasteiger partial charge in [0.05, 0.1) is 13.1 Å². The number of hydrogen-bond donors (Lipinski definition) is 2. The lowest BCUT2D eigenvalue weighted by Gasteiger charge is -2.21. The molecule has 1 aliphatic rings. The third kappa shape index (κ3) is 4.85. The number of aryl methyl sites for hydroxylation is 3. The van der Waals surface area contributed by atoms with E-state index in [0.29, 0.717) is 6.54 Å². The number of hydrogen-bond acceptors (Lipinski definition) is 1. The average Bonchev–Trinajstić information content (AvgIpc) is 2.37. The maximum Gasteiger partial charge on any atom is 0.279 e. The lowest BCUT2D eigenvalue weighted by molar-refractivity contribution is -0.892. The average molecular weight is 289 g/mol. The fourth-order valence-corrected chi connectivity index (χ4v) is 3.37. The summed E-state index contributed by atoms with van der Waals surface area (Å²) >= 11 is 0. The molecule has 2 N–H and O–H groups in total. The lowest BCUT2D eigenvalue weighted by atomic mass is 10.1. The minimum absolute atomic E-state index is 0.153. The summed E-state index contributed by atoms with van der Waals surface area (Å²) in [5, 5.41) is 3.13. The first kappa shape index (κ1) is 16.0. The van der Waals surface area contributed by atoms with E-state index in [2.05, 4.69) is 38.2 Å². The van der Waals surface area contributed by atoms with Gasteiger partial charge in [0.25, 0.3) is 5.91 Å². The molecule has 1 heterocycles. The molecular weight excluding hydrogens is 260 g/mol. The molecule has 0 unspecified atom stereocenters. The number of benzene rings is 1. The molecule has 0 atom stereocenters. The van der Waals surface area contributed by atoms with Gasteiger partial charge in [0.15, 0.2) is 6.54 Å². The Labute approximate surface area is 128 Å². The maximum atomic E-state index is 12.3. The Balaban J connectivity index is 1.95. The predicted molar refractivity (Wildman–Crippen MR) is 87.9 cm³/mol. The Morgan fingerprint density at radius 2 is 1.52 bits per heavy atom. The van der Waals surface area contributed by atoms with Crippen LogP contribution < -0.4 is 10.2 Å². The summed E-state index contributed by atoms with van der Waals surface area (Å²) in [6, 6.07) is 4.26. The molecule has 0 radical (unpaired) electrons. The summed E-state index contributed by atoms with van der Waals surface area (Å²) in [6.07, 6.45) is 6.51. The molecule has 0 bridgehead atoms. The van der Waals surface area contributed by atoms with Crippen molar-refractivity contribution in [1.82, 2.24) is 0 Å². The molecule has 3 heteroatoms. The smallest absolute Gasteiger partial charge is 0.279 e. The number of rotatable bonds is 3. The van der Waals surface area contributed by atoms with Gasteiger partial charge in [-0.05, 0) is 57.6 Å². The van der Waals surface area contributed by atoms with Crippen molar-refractivity contribution >= 4 is 11.6 Å². The topological polar surface area (TPSA) is 33.5 Å². The largest absolute Gasteiger partial charge is 0.327 e. The molecule has 0 spiro atoms. The highest BCUT2D eigenvalue weighted by Crippen LogP contribution is 2.21. The maximum absolute atomic E-state index is 12.3. The second-order valence-corrected chi connectivity index (χ2v) is 6.52. The van der Waals surface area contributed by atoms with Gasteiger partial charge in [-0.3, -0.25) is 4.79 Å². The van der Waals surface area contributed by atoms with Crippen LogP contribution in [0.2, 0.25) is 0 Å². The second kappa shape index (κ2) is 7.60. The highest BCUT2D eigenvalue weighted by atomic mass is 16.2. The van der Waals surface area contributed by atoms with Gasteiger partial charge < -0.3 is 10.2 Å². The van der Waals surface area contributed by atoms with E-state index in [9.17, 15) is 4.79 Å². The lowest BCUT2D eigenvalue weighted by Crippen LogP contribution is -3.13. The Kier molecular flexibility index (Phi) is 5.80. The van der Waals surface area contributed by atoms with E-state index in [1.54, 1.807) is 0 Å². The minimum atomic E-state index is 0.153. The van der Waals surface area contributed by atoms with Crippen LogP contribution in [0.25, 0.3) is 0 Å². The van der Waals surface area contributed by atoms with E-state index in [4.69, 9.17) is 0 Å². The normalized spacial score (nSPS) is 17.1. The summed E-state index contributed by atoms with van der Waals surface area (Å²) in [6.45, 7) is 9.11. The number of carbonyl (C=O) groups excluding carboxylic acids is 1. The van der Waals surface area contributed by atoms with E-state index in [1.165, 1.54) is 42.6 Å². The van der Waals surface area contributed by atoms with Crippen LogP contribution in [-0.4, -0.2) is 25.5 Å². The molecule has 1 fully saturated rings. The van der Waals surface area contributed by atoms with Crippen LogP contribution in [0.15, 0.2) is 12.1 Å². The van der Waals surface area contributed by atoms with Crippen LogP contribution in [-0.2, 0) is 4.79 Å². The summed E-state index contributed by atoms with van der Waals surface area (Å²) in [5.41, 5.74) is 4.56. The molecule has 21 heavy (non-hydrogen) atoms. The molecule has 0 aliphatic carbocycles. The van der Waals surface area contributed by atoms with Crippen LogP contribution in [0, 0.1) is 20.8 Å². The fraction of sp³-hybridized carbons (Fsp3) is 0.611. The van der Waals surface area contributed by atoms with E-state index < -0.39 is 0 Å². The SMILES string of the molecule is Cc1cc(C)c(NC(=O)C[NH+]2CCCCCCC2)c(C)c1. The molecule has 1 amide bonds. The molecule has 3 nitrogen and oxygen atoms in total. The van der Waals surface area contributed by atoms with Crippen LogP contribution >= 0.6 is 0 Å². The Hall–Kier alpha value is -1.35. The van der Waals surface area contributed by atoms with Crippen LogP contribution in [0.5, 0.6) is 0 Å². The highest BCUT2D eigenvalue weighted by Gasteiger charge is 2.16. The Bertz CT molecular complexity index is 465. The number of carbonyl (C=O) groups is 1. The minimum Gasteiger partial charge on any atom is -0.327 e. The number of quaternary nitrogens is 1. The van der Waals surface area contributed by atoms with Crippen molar-refractivity contribution in [2.45, 2.75) is 52.9 Å². The van der Waals surface area contributed by atoms with Crippen molar-refractivity contribution in [3.05, 3.63) is 28.8 Å². The first-order valence-corrected chi connectivity index (χ1v) is 8.27. The van der Waals surface area contributed by atoms with Crippen molar-refractivity contribution in [3.8, 4) is 0 Å². The number of nitrogens with one attached hydrogen (secondary N) is 2. The number of amides is 1. The van der Waals surface area contributed by atoms with Gasteiger partial charge >= 0.3 is 0 Å². The molecule has 1 aromatic carbocycles. The molecule has 2 rings (SSSR count). The third-order valence-corrected chi connectivity index (χ3v) is 4.41. The molecule has 1 aliphatic heterocycles. The van der Waals surface area contributed by atoms with Crippen molar-refractivity contribution in [2.75, 3.05) is 25.0 Å². The van der Waals surface area contributed by atoms with E-state index >= 15 is 0 Å². The van der Waals surface area contributed by atoms with Crippen molar-refractivity contribution < 1.29 is 9.69 Å². The van der Waals surface area contributed by atoms with Crippen LogP contribution in [0.1, 0.15) is 48.8 Å². The highest BCUT2D eigenvalue weighted by molar-refractivity contribution is 5.93. The Morgan fingerprint density at radius 1 is 1.00 bits per heavy atom. The zero-order chi connectivity index (χ0) is 15.2.